The van der Waals surface area contributed by atoms with E-state index >= 15 is 0 Å². The van der Waals surface area contributed by atoms with Gasteiger partial charge in [-0.3, -0.25) is 20.4 Å². The Morgan fingerprint density at radius 3 is 2.79 bits per heavy atom. The molecule has 9 heteroatoms. The first-order chi connectivity index (χ1) is 13.6. The number of non-ortho nitro benzene ring substituents is 1. The molecular weight excluding hydrogens is 378 g/mol. The lowest BCUT2D eigenvalue weighted by Gasteiger charge is -2.28. The van der Waals surface area contributed by atoms with Gasteiger partial charge in [0, 0.05) is 31.4 Å². The number of piperidine rings is 1. The number of nitro groups is 1. The highest BCUT2D eigenvalue weighted by atomic mass is 32.1. The van der Waals surface area contributed by atoms with Gasteiger partial charge in [-0.15, -0.1) is 0 Å². The van der Waals surface area contributed by atoms with Crippen molar-refractivity contribution in [3.63, 3.8) is 0 Å². The van der Waals surface area contributed by atoms with Crippen LogP contribution in [0, 0.1) is 10.1 Å². The fraction of sp³-hybridized carbons (Fsp3) is 0.211. The number of fused-ring (bicyclic) bond motifs is 1. The number of hydrogen-bond acceptors (Lipinski definition) is 6. The minimum Gasteiger partial charge on any atom is -0.324 e. The minimum absolute atomic E-state index is 0.0114. The fourth-order valence-corrected chi connectivity index (χ4v) is 3.95. The van der Waals surface area contributed by atoms with E-state index in [1.54, 1.807) is 17.2 Å². The van der Waals surface area contributed by atoms with E-state index in [4.69, 9.17) is 0 Å². The fourth-order valence-electron chi connectivity index (χ4n) is 3.06. The van der Waals surface area contributed by atoms with Crippen LogP contribution in [0.1, 0.15) is 18.5 Å². The summed E-state index contributed by atoms with van der Waals surface area (Å²) < 4.78 is 0.670. The van der Waals surface area contributed by atoms with Crippen molar-refractivity contribution in [3.8, 4) is 0 Å². The highest BCUT2D eigenvalue weighted by Gasteiger charge is 2.20. The standard InChI is InChI=1S/C19H17N5O3S/c25-19(22-18-21-16-5-4-15(24(26)27)12-17(16)28-18)23-9-6-13(7-10-23)11-14-3-1-2-8-20-14/h1-5,8,11-12H,6-7,9-10H2,(H,21,22,25). The molecule has 1 aliphatic heterocycles. The number of rotatable bonds is 3. The molecule has 1 saturated heterocycles. The lowest BCUT2D eigenvalue weighted by Crippen LogP contribution is -2.39. The van der Waals surface area contributed by atoms with Crippen molar-refractivity contribution in [2.75, 3.05) is 18.4 Å². The van der Waals surface area contributed by atoms with Crippen LogP contribution in [0.3, 0.4) is 0 Å². The summed E-state index contributed by atoms with van der Waals surface area (Å²) >= 11 is 1.23. The lowest BCUT2D eigenvalue weighted by molar-refractivity contribution is -0.384. The number of anilines is 1. The Hall–Kier alpha value is -3.33. The first-order valence-electron chi connectivity index (χ1n) is 8.80. The number of urea groups is 1. The molecule has 0 atom stereocenters. The summed E-state index contributed by atoms with van der Waals surface area (Å²) in [5.74, 6) is 0. The van der Waals surface area contributed by atoms with Crippen molar-refractivity contribution in [1.82, 2.24) is 14.9 Å². The molecule has 3 heterocycles. The van der Waals surface area contributed by atoms with Gasteiger partial charge < -0.3 is 4.90 Å². The van der Waals surface area contributed by atoms with Gasteiger partial charge in [0.1, 0.15) is 0 Å². The maximum Gasteiger partial charge on any atom is 0.323 e. The van der Waals surface area contributed by atoms with E-state index in [0.717, 1.165) is 18.5 Å². The van der Waals surface area contributed by atoms with Crippen molar-refractivity contribution in [3.05, 3.63) is 64.0 Å². The highest BCUT2D eigenvalue weighted by Crippen LogP contribution is 2.29. The average Bonchev–Trinajstić information content (AvgIpc) is 3.10. The zero-order valence-corrected chi connectivity index (χ0v) is 15.7. The third kappa shape index (κ3) is 3.99. The van der Waals surface area contributed by atoms with E-state index in [0.29, 0.717) is 28.4 Å². The molecule has 0 spiro atoms. The highest BCUT2D eigenvalue weighted by molar-refractivity contribution is 7.22. The summed E-state index contributed by atoms with van der Waals surface area (Å²) in [7, 11) is 0. The van der Waals surface area contributed by atoms with E-state index in [1.165, 1.54) is 29.0 Å². The minimum atomic E-state index is -0.443. The molecular formula is C19H17N5O3S. The van der Waals surface area contributed by atoms with Crippen molar-refractivity contribution >= 4 is 44.5 Å². The smallest absolute Gasteiger partial charge is 0.323 e. The van der Waals surface area contributed by atoms with Crippen LogP contribution in [0.25, 0.3) is 16.3 Å². The van der Waals surface area contributed by atoms with E-state index in [2.05, 4.69) is 21.4 Å². The van der Waals surface area contributed by atoms with Crippen LogP contribution in [-0.2, 0) is 0 Å². The maximum absolute atomic E-state index is 12.5. The summed E-state index contributed by atoms with van der Waals surface area (Å²) in [6.07, 6.45) is 5.45. The SMILES string of the molecule is O=C(Nc1nc2ccc([N+](=O)[O-])cc2s1)N1CCC(=Cc2ccccn2)CC1. The molecule has 3 aromatic rings. The van der Waals surface area contributed by atoms with E-state index in [-0.39, 0.29) is 11.7 Å². The summed E-state index contributed by atoms with van der Waals surface area (Å²) in [4.78, 5) is 33.4. The predicted molar refractivity (Wildman–Crippen MR) is 108 cm³/mol. The van der Waals surface area contributed by atoms with Crippen molar-refractivity contribution in [1.29, 1.82) is 0 Å². The Morgan fingerprint density at radius 1 is 1.25 bits per heavy atom. The summed E-state index contributed by atoms with van der Waals surface area (Å²) in [5.41, 5.74) is 2.84. The zero-order chi connectivity index (χ0) is 19.5. The molecule has 28 heavy (non-hydrogen) atoms. The molecule has 2 aromatic heterocycles. The first kappa shape index (κ1) is 18.1. The van der Waals surface area contributed by atoms with Crippen LogP contribution in [0.15, 0.2) is 48.2 Å². The zero-order valence-electron chi connectivity index (χ0n) is 14.9. The number of carbonyl (C=O) groups is 1. The predicted octanol–water partition coefficient (Wildman–Crippen LogP) is 4.31. The number of carbonyl (C=O) groups excluding carboxylic acids is 1. The molecule has 0 unspecified atom stereocenters. The number of pyridine rings is 1. The van der Waals surface area contributed by atoms with Gasteiger partial charge in [-0.25, -0.2) is 9.78 Å². The number of nitro benzene ring substituents is 1. The number of nitrogens with one attached hydrogen (secondary N) is 1. The van der Waals surface area contributed by atoms with E-state index < -0.39 is 4.92 Å². The molecule has 0 radical (unpaired) electrons. The van der Waals surface area contributed by atoms with Gasteiger partial charge in [0.25, 0.3) is 5.69 Å². The van der Waals surface area contributed by atoms with Crippen LogP contribution in [0.4, 0.5) is 15.6 Å². The van der Waals surface area contributed by atoms with Gasteiger partial charge in [-0.1, -0.05) is 23.0 Å². The second-order valence-corrected chi connectivity index (χ2v) is 7.43. The van der Waals surface area contributed by atoms with Crippen LogP contribution in [-0.4, -0.2) is 38.9 Å². The van der Waals surface area contributed by atoms with Crippen molar-refractivity contribution in [2.45, 2.75) is 12.8 Å². The normalized spacial score (nSPS) is 14.1. The first-order valence-corrected chi connectivity index (χ1v) is 9.61. The molecule has 1 fully saturated rings. The summed E-state index contributed by atoms with van der Waals surface area (Å²) in [5, 5.41) is 14.1. The molecule has 0 aliphatic carbocycles. The van der Waals surface area contributed by atoms with Crippen molar-refractivity contribution in [2.24, 2.45) is 0 Å². The Balaban J connectivity index is 1.39. The molecule has 142 valence electrons. The van der Waals surface area contributed by atoms with Gasteiger partial charge >= 0.3 is 6.03 Å². The average molecular weight is 395 g/mol. The number of thiazole rings is 1. The van der Waals surface area contributed by atoms with Crippen molar-refractivity contribution < 1.29 is 9.72 Å². The molecule has 8 nitrogen and oxygen atoms in total. The monoisotopic (exact) mass is 395 g/mol. The third-order valence-corrected chi connectivity index (χ3v) is 5.46. The maximum atomic E-state index is 12.5. The number of likely N-dealkylation sites (tertiary alicyclic amines) is 1. The Kier molecular flexibility index (Phi) is 4.98. The number of hydrogen-bond donors (Lipinski definition) is 1. The summed E-state index contributed by atoms with van der Waals surface area (Å²) in [6.45, 7) is 1.25. The van der Waals surface area contributed by atoms with Gasteiger partial charge in [-0.2, -0.15) is 0 Å². The van der Waals surface area contributed by atoms with Gasteiger partial charge in [0.05, 0.1) is 20.8 Å². The van der Waals surface area contributed by atoms with E-state index in [9.17, 15) is 14.9 Å². The summed E-state index contributed by atoms with van der Waals surface area (Å²) in [6, 6.07) is 10.1. The molecule has 0 saturated carbocycles. The Morgan fingerprint density at radius 2 is 2.07 bits per heavy atom. The molecule has 2 amide bonds. The second kappa shape index (κ2) is 7.73. The number of aromatic nitrogens is 2. The molecule has 4 rings (SSSR count). The Labute approximate surface area is 164 Å². The number of amides is 2. The molecule has 1 aromatic carbocycles. The van der Waals surface area contributed by atoms with Crippen LogP contribution >= 0.6 is 11.3 Å². The van der Waals surface area contributed by atoms with Gasteiger partial charge in [0.2, 0.25) is 0 Å². The topological polar surface area (TPSA) is 101 Å². The third-order valence-electron chi connectivity index (χ3n) is 4.53. The van der Waals surface area contributed by atoms with Crippen LogP contribution in [0.2, 0.25) is 0 Å². The van der Waals surface area contributed by atoms with Gasteiger partial charge in [0.15, 0.2) is 5.13 Å². The lowest BCUT2D eigenvalue weighted by atomic mass is 10.0. The molecule has 0 bridgehead atoms. The molecule has 1 aliphatic rings. The number of benzene rings is 1. The largest absolute Gasteiger partial charge is 0.324 e. The van der Waals surface area contributed by atoms with Gasteiger partial charge in [-0.05, 0) is 37.1 Å². The quantitative estimate of drug-likeness (QED) is 0.526. The second-order valence-electron chi connectivity index (χ2n) is 6.40. The van der Waals surface area contributed by atoms with E-state index in [1.807, 2.05) is 18.2 Å². The van der Waals surface area contributed by atoms with Crippen LogP contribution < -0.4 is 5.32 Å². The number of nitrogens with zero attached hydrogens (tertiary/aromatic N) is 4. The van der Waals surface area contributed by atoms with Crippen LogP contribution in [0.5, 0.6) is 0 Å². The molecule has 1 N–H and O–H groups in total. The Bertz CT molecular complexity index is 1050.